The summed E-state index contributed by atoms with van der Waals surface area (Å²) in [6, 6.07) is 12.5. The van der Waals surface area contributed by atoms with Gasteiger partial charge in [-0.1, -0.05) is 29.8 Å². The van der Waals surface area contributed by atoms with Crippen molar-refractivity contribution in [2.24, 2.45) is 0 Å². The number of aromatic nitrogens is 4. The molecule has 27 heavy (non-hydrogen) atoms. The second kappa shape index (κ2) is 6.22. The van der Waals surface area contributed by atoms with Crippen molar-refractivity contribution in [1.29, 1.82) is 0 Å². The molecule has 0 radical (unpaired) electrons. The van der Waals surface area contributed by atoms with Crippen molar-refractivity contribution in [2.45, 2.75) is 4.90 Å². The van der Waals surface area contributed by atoms with Crippen LogP contribution < -0.4 is 0 Å². The fourth-order valence-electron chi connectivity index (χ4n) is 2.64. The maximum atomic E-state index is 13.3. The van der Waals surface area contributed by atoms with Crippen LogP contribution in [0.2, 0.25) is 5.02 Å². The number of carboxylic acids is 1. The molecule has 0 unspecified atom stereocenters. The summed E-state index contributed by atoms with van der Waals surface area (Å²) in [5.41, 5.74) is 0.541. The summed E-state index contributed by atoms with van der Waals surface area (Å²) in [4.78, 5) is 15.5. The molecule has 0 aliphatic heterocycles. The molecule has 8 nitrogen and oxygen atoms in total. The van der Waals surface area contributed by atoms with Crippen LogP contribution in [-0.4, -0.2) is 38.2 Å². The van der Waals surface area contributed by atoms with Crippen LogP contribution in [0.3, 0.4) is 0 Å². The lowest BCUT2D eigenvalue weighted by molar-refractivity contribution is 0.0697. The van der Waals surface area contributed by atoms with Gasteiger partial charge in [-0.3, -0.25) is 0 Å². The van der Waals surface area contributed by atoms with E-state index in [0.29, 0.717) is 10.5 Å². The first-order valence-corrected chi connectivity index (χ1v) is 9.47. The first-order chi connectivity index (χ1) is 12.9. The molecule has 0 amide bonds. The van der Waals surface area contributed by atoms with Crippen LogP contribution >= 0.6 is 11.6 Å². The quantitative estimate of drug-likeness (QED) is 0.562. The lowest BCUT2D eigenvalue weighted by atomic mass is 10.3. The molecule has 1 N–H and O–H groups in total. The minimum absolute atomic E-state index is 0.0520. The minimum atomic E-state index is -4.04. The highest BCUT2D eigenvalue weighted by atomic mass is 35.5. The van der Waals surface area contributed by atoms with Crippen molar-refractivity contribution in [3.05, 3.63) is 71.5 Å². The van der Waals surface area contributed by atoms with Gasteiger partial charge in [-0.05, 0) is 30.3 Å². The Hall–Kier alpha value is -3.17. The maximum absolute atomic E-state index is 13.3. The van der Waals surface area contributed by atoms with E-state index >= 15 is 0 Å². The Labute approximate surface area is 158 Å². The monoisotopic (exact) mass is 402 g/mol. The van der Waals surface area contributed by atoms with Gasteiger partial charge in [0.05, 0.1) is 27.7 Å². The third-order valence-electron chi connectivity index (χ3n) is 3.87. The number of rotatable bonds is 4. The molecule has 2 aromatic heterocycles. The molecule has 0 spiro atoms. The van der Waals surface area contributed by atoms with Gasteiger partial charge in [0.1, 0.15) is 0 Å². The zero-order valence-corrected chi connectivity index (χ0v) is 15.1. The van der Waals surface area contributed by atoms with E-state index < -0.39 is 16.0 Å². The largest absolute Gasteiger partial charge is 0.478 e. The van der Waals surface area contributed by atoms with Crippen LogP contribution in [0.5, 0.6) is 0 Å². The molecule has 2 heterocycles. The highest BCUT2D eigenvalue weighted by Crippen LogP contribution is 2.27. The number of carboxylic acid groups (broad SMARTS) is 1. The Morgan fingerprint density at radius 2 is 1.85 bits per heavy atom. The molecule has 10 heteroatoms. The van der Waals surface area contributed by atoms with Gasteiger partial charge in [-0.15, -0.1) is 0 Å². The van der Waals surface area contributed by atoms with Crippen molar-refractivity contribution >= 4 is 38.6 Å². The minimum Gasteiger partial charge on any atom is -0.478 e. The summed E-state index contributed by atoms with van der Waals surface area (Å²) in [7, 11) is -4.04. The number of fused-ring (bicyclic) bond motifs is 1. The normalized spacial score (nSPS) is 11.7. The van der Waals surface area contributed by atoms with Crippen molar-refractivity contribution in [1.82, 2.24) is 18.7 Å². The Morgan fingerprint density at radius 3 is 2.52 bits per heavy atom. The van der Waals surface area contributed by atoms with Crippen LogP contribution in [-0.2, 0) is 10.0 Å². The van der Waals surface area contributed by atoms with Crippen LogP contribution in [0.25, 0.3) is 17.0 Å². The Morgan fingerprint density at radius 1 is 1.11 bits per heavy atom. The highest BCUT2D eigenvalue weighted by molar-refractivity contribution is 7.90. The zero-order chi connectivity index (χ0) is 19.2. The van der Waals surface area contributed by atoms with Gasteiger partial charge in [-0.25, -0.2) is 22.9 Å². The third kappa shape index (κ3) is 2.86. The Kier molecular flexibility index (Phi) is 3.97. The highest BCUT2D eigenvalue weighted by Gasteiger charge is 2.26. The summed E-state index contributed by atoms with van der Waals surface area (Å²) in [5.74, 6) is -1.25. The number of halogens is 1. The number of hydrogen-bond donors (Lipinski definition) is 1. The predicted octanol–water partition coefficient (Wildman–Crippen LogP) is 2.81. The van der Waals surface area contributed by atoms with Crippen molar-refractivity contribution in [3.63, 3.8) is 0 Å². The number of imidazole rings is 1. The summed E-state index contributed by atoms with van der Waals surface area (Å²) in [6.07, 6.45) is 2.32. The lowest BCUT2D eigenvalue weighted by Gasteiger charge is -2.10. The average Bonchev–Trinajstić information content (AvgIpc) is 3.27. The molecule has 0 fully saturated rings. The van der Waals surface area contributed by atoms with Gasteiger partial charge in [-0.2, -0.15) is 9.07 Å². The molecule has 0 aliphatic rings. The predicted molar refractivity (Wildman–Crippen MR) is 97.9 cm³/mol. The van der Waals surface area contributed by atoms with E-state index in [-0.39, 0.29) is 21.9 Å². The van der Waals surface area contributed by atoms with Crippen LogP contribution in [0.15, 0.2) is 65.8 Å². The fourth-order valence-corrected chi connectivity index (χ4v) is 4.26. The lowest BCUT2D eigenvalue weighted by Crippen LogP contribution is -2.17. The van der Waals surface area contributed by atoms with Gasteiger partial charge in [0.25, 0.3) is 10.0 Å². The van der Waals surface area contributed by atoms with E-state index in [0.717, 1.165) is 14.9 Å². The van der Waals surface area contributed by atoms with Crippen molar-refractivity contribution in [3.8, 4) is 5.95 Å². The number of carbonyl (C=O) groups is 1. The standard InChI is InChI=1S/C17H11ClN4O4S/c18-12-6-7-14-15(8-12)22(27(25,26)13-4-2-1-3-5-13)17(20-14)21-10-11(9-19-21)16(23)24/h1-10H,(H,23,24). The van der Waals surface area contributed by atoms with Gasteiger partial charge < -0.3 is 5.11 Å². The summed E-state index contributed by atoms with van der Waals surface area (Å²) < 4.78 is 28.7. The zero-order valence-electron chi connectivity index (χ0n) is 13.5. The molecular weight excluding hydrogens is 392 g/mol. The first kappa shape index (κ1) is 17.3. The Bertz CT molecular complexity index is 1280. The average molecular weight is 403 g/mol. The van der Waals surface area contributed by atoms with Gasteiger partial charge >= 0.3 is 5.97 Å². The molecule has 0 aliphatic carbocycles. The van der Waals surface area contributed by atoms with Crippen LogP contribution in [0.4, 0.5) is 0 Å². The van der Waals surface area contributed by atoms with Crippen molar-refractivity contribution in [2.75, 3.05) is 0 Å². The number of hydrogen-bond acceptors (Lipinski definition) is 5. The van der Waals surface area contributed by atoms with Gasteiger partial charge in [0, 0.05) is 11.2 Å². The van der Waals surface area contributed by atoms with E-state index in [1.54, 1.807) is 30.3 Å². The van der Waals surface area contributed by atoms with E-state index in [4.69, 9.17) is 16.7 Å². The molecule has 4 aromatic rings. The first-order valence-electron chi connectivity index (χ1n) is 7.65. The molecule has 0 atom stereocenters. The van der Waals surface area contributed by atoms with Crippen LogP contribution in [0, 0.1) is 0 Å². The molecule has 0 saturated carbocycles. The number of nitrogens with zero attached hydrogens (tertiary/aromatic N) is 4. The number of aromatic carboxylic acids is 1. The van der Waals surface area contributed by atoms with E-state index in [1.165, 1.54) is 24.4 Å². The second-order valence-corrected chi connectivity index (χ2v) is 7.83. The topological polar surface area (TPSA) is 107 Å². The SMILES string of the molecule is O=C(O)c1cnn(-c2nc3ccc(Cl)cc3n2S(=O)(=O)c2ccccc2)c1. The van der Waals surface area contributed by atoms with Gasteiger partial charge in [0.2, 0.25) is 5.95 Å². The third-order valence-corrected chi connectivity index (χ3v) is 5.82. The maximum Gasteiger partial charge on any atom is 0.338 e. The summed E-state index contributed by atoms with van der Waals surface area (Å²) >= 11 is 6.05. The second-order valence-electron chi connectivity index (χ2n) is 5.61. The summed E-state index contributed by atoms with van der Waals surface area (Å²) in [5, 5.41) is 13.4. The van der Waals surface area contributed by atoms with Crippen molar-refractivity contribution < 1.29 is 18.3 Å². The van der Waals surface area contributed by atoms with E-state index in [9.17, 15) is 13.2 Å². The molecule has 0 bridgehead atoms. The Balaban J connectivity index is 2.05. The van der Waals surface area contributed by atoms with E-state index in [2.05, 4.69) is 10.1 Å². The summed E-state index contributed by atoms with van der Waals surface area (Å²) in [6.45, 7) is 0. The molecule has 136 valence electrons. The molecule has 0 saturated heterocycles. The molecule has 4 rings (SSSR count). The fraction of sp³-hybridized carbons (Fsp3) is 0. The molecule has 2 aromatic carbocycles. The van der Waals surface area contributed by atoms with Crippen LogP contribution in [0.1, 0.15) is 10.4 Å². The number of benzene rings is 2. The molecular formula is C17H11ClN4O4S. The smallest absolute Gasteiger partial charge is 0.338 e. The van der Waals surface area contributed by atoms with E-state index in [1.807, 2.05) is 0 Å². The van der Waals surface area contributed by atoms with Gasteiger partial charge in [0.15, 0.2) is 0 Å².